The molecule has 0 amide bonds. The summed E-state index contributed by atoms with van der Waals surface area (Å²) in [6, 6.07) is 11.5. The van der Waals surface area contributed by atoms with Crippen molar-refractivity contribution >= 4 is 34.3 Å². The van der Waals surface area contributed by atoms with E-state index in [0.29, 0.717) is 22.0 Å². The summed E-state index contributed by atoms with van der Waals surface area (Å²) in [6.45, 7) is 0. The van der Waals surface area contributed by atoms with Crippen LogP contribution in [-0.2, 0) is 11.8 Å². The molecule has 144 valence electrons. The highest BCUT2D eigenvalue weighted by atomic mass is 35.5. The minimum Gasteiger partial charge on any atom is -0.506 e. The highest BCUT2D eigenvalue weighted by Gasteiger charge is 2.22. The average molecular weight is 402 g/mol. The van der Waals surface area contributed by atoms with Gasteiger partial charge >= 0.3 is 5.97 Å². The lowest BCUT2D eigenvalue weighted by molar-refractivity contribution is -0.136. The largest absolute Gasteiger partial charge is 0.506 e. The van der Waals surface area contributed by atoms with E-state index < -0.39 is 35.0 Å². The molecule has 1 heterocycles. The molecular weight excluding hydrogens is 386 g/mol. The number of hydrogen-bond acceptors (Lipinski definition) is 5. The van der Waals surface area contributed by atoms with Crippen molar-refractivity contribution < 1.29 is 24.5 Å². The molecule has 28 heavy (non-hydrogen) atoms. The van der Waals surface area contributed by atoms with Crippen LogP contribution in [0.1, 0.15) is 23.2 Å². The summed E-state index contributed by atoms with van der Waals surface area (Å²) in [4.78, 5) is 35.5. The molecule has 2 N–H and O–H groups in total. The molecule has 0 fully saturated rings. The summed E-state index contributed by atoms with van der Waals surface area (Å²) in [5.41, 5.74) is -0.784. The molecule has 0 atom stereocenters. The SMILES string of the molecule is Cn1c(=O)c(C(=O)CCC(=O)O)c(O)c2ccc(Oc3ccccc3Cl)cc21. The maximum absolute atomic E-state index is 12.6. The molecule has 1 aromatic heterocycles. The molecular formula is C20H16ClNO6. The van der Waals surface area contributed by atoms with Crippen LogP contribution in [0.3, 0.4) is 0 Å². The van der Waals surface area contributed by atoms with E-state index in [1.807, 2.05) is 0 Å². The third-order valence-corrected chi connectivity index (χ3v) is 4.56. The first-order valence-electron chi connectivity index (χ1n) is 8.32. The van der Waals surface area contributed by atoms with Gasteiger partial charge < -0.3 is 19.5 Å². The fraction of sp³-hybridized carbons (Fsp3) is 0.150. The van der Waals surface area contributed by atoms with Crippen molar-refractivity contribution in [2.24, 2.45) is 7.05 Å². The Bertz CT molecular complexity index is 1150. The number of fused-ring (bicyclic) bond motifs is 1. The number of hydrogen-bond donors (Lipinski definition) is 2. The predicted molar refractivity (Wildman–Crippen MR) is 104 cm³/mol. The topological polar surface area (TPSA) is 106 Å². The Kier molecular flexibility index (Phi) is 5.37. The van der Waals surface area contributed by atoms with Crippen molar-refractivity contribution in [3.63, 3.8) is 0 Å². The lowest BCUT2D eigenvalue weighted by atomic mass is 10.0. The Morgan fingerprint density at radius 1 is 1.14 bits per heavy atom. The number of carboxylic acids is 1. The van der Waals surface area contributed by atoms with Crippen molar-refractivity contribution in [1.82, 2.24) is 4.57 Å². The quantitative estimate of drug-likeness (QED) is 0.609. The van der Waals surface area contributed by atoms with E-state index in [2.05, 4.69) is 0 Å². The minimum absolute atomic E-state index is 0.271. The normalized spacial score (nSPS) is 10.8. The Hall–Kier alpha value is -3.32. The van der Waals surface area contributed by atoms with Crippen molar-refractivity contribution in [2.45, 2.75) is 12.8 Å². The maximum Gasteiger partial charge on any atom is 0.303 e. The molecule has 0 unspecified atom stereocenters. The lowest BCUT2D eigenvalue weighted by Crippen LogP contribution is -2.25. The molecule has 0 saturated carbocycles. The summed E-state index contributed by atoms with van der Waals surface area (Å²) in [5, 5.41) is 19.9. The fourth-order valence-corrected chi connectivity index (χ4v) is 2.99. The van der Waals surface area contributed by atoms with E-state index in [9.17, 15) is 19.5 Å². The van der Waals surface area contributed by atoms with Gasteiger partial charge in [-0.05, 0) is 24.3 Å². The highest BCUT2D eigenvalue weighted by Crippen LogP contribution is 2.33. The molecule has 8 heteroatoms. The number of Topliss-reactive ketones (excluding diaryl/α,β-unsaturated/α-hetero) is 1. The number of pyridine rings is 1. The van der Waals surface area contributed by atoms with Gasteiger partial charge in [0.15, 0.2) is 5.78 Å². The van der Waals surface area contributed by atoms with Gasteiger partial charge in [0.05, 0.1) is 17.0 Å². The van der Waals surface area contributed by atoms with Crippen LogP contribution in [0.4, 0.5) is 0 Å². The van der Waals surface area contributed by atoms with Crippen molar-refractivity contribution in [2.75, 3.05) is 0 Å². The van der Waals surface area contributed by atoms with Crippen molar-refractivity contribution in [1.29, 1.82) is 0 Å². The molecule has 3 aromatic rings. The first kappa shape index (κ1) is 19.4. The second-order valence-electron chi connectivity index (χ2n) is 6.12. The summed E-state index contributed by atoms with van der Waals surface area (Å²) in [5.74, 6) is -1.54. The number of carboxylic acid groups (broad SMARTS) is 1. The predicted octanol–water partition coefficient (Wildman–Crippen LogP) is 3.74. The van der Waals surface area contributed by atoms with Gasteiger partial charge in [0.1, 0.15) is 22.8 Å². The van der Waals surface area contributed by atoms with Gasteiger partial charge in [-0.25, -0.2) is 0 Å². The zero-order chi connectivity index (χ0) is 20.4. The Morgan fingerprint density at radius 3 is 2.54 bits per heavy atom. The van der Waals surface area contributed by atoms with Crippen LogP contribution in [0.2, 0.25) is 5.02 Å². The van der Waals surface area contributed by atoms with Gasteiger partial charge in [0, 0.05) is 24.9 Å². The van der Waals surface area contributed by atoms with Crippen LogP contribution in [0.25, 0.3) is 10.9 Å². The molecule has 0 saturated heterocycles. The molecule has 0 aliphatic carbocycles. The zero-order valence-electron chi connectivity index (χ0n) is 14.8. The Balaban J connectivity index is 2.06. The molecule has 0 aliphatic heterocycles. The zero-order valence-corrected chi connectivity index (χ0v) is 15.6. The highest BCUT2D eigenvalue weighted by molar-refractivity contribution is 6.32. The van der Waals surface area contributed by atoms with Gasteiger partial charge in [-0.1, -0.05) is 23.7 Å². The lowest BCUT2D eigenvalue weighted by Gasteiger charge is -2.13. The number of aromatic nitrogens is 1. The van der Waals surface area contributed by atoms with Crippen molar-refractivity contribution in [3.8, 4) is 17.2 Å². The van der Waals surface area contributed by atoms with Crippen LogP contribution >= 0.6 is 11.6 Å². The molecule has 2 aromatic carbocycles. The minimum atomic E-state index is -1.16. The third kappa shape index (κ3) is 3.70. The molecule has 0 radical (unpaired) electrons. The van der Waals surface area contributed by atoms with Crippen LogP contribution in [-0.4, -0.2) is 26.5 Å². The number of ketones is 1. The second kappa shape index (κ2) is 7.74. The van der Waals surface area contributed by atoms with Gasteiger partial charge in [-0.15, -0.1) is 0 Å². The number of aliphatic carboxylic acids is 1. The standard InChI is InChI=1S/C20H16ClNO6/c1-22-14-10-11(28-16-5-3-2-4-13(16)21)6-7-12(14)19(26)18(20(22)27)15(23)8-9-17(24)25/h2-7,10,26H,8-9H2,1H3,(H,24,25). The smallest absolute Gasteiger partial charge is 0.303 e. The second-order valence-corrected chi connectivity index (χ2v) is 6.52. The summed E-state index contributed by atoms with van der Waals surface area (Å²) < 4.78 is 6.94. The Morgan fingerprint density at radius 2 is 1.86 bits per heavy atom. The van der Waals surface area contributed by atoms with E-state index in [1.54, 1.807) is 36.4 Å². The maximum atomic E-state index is 12.6. The van der Waals surface area contributed by atoms with Crippen LogP contribution in [0.15, 0.2) is 47.3 Å². The van der Waals surface area contributed by atoms with Gasteiger partial charge in [-0.3, -0.25) is 14.4 Å². The molecule has 3 rings (SSSR count). The van der Waals surface area contributed by atoms with E-state index in [0.717, 1.165) is 0 Å². The molecule has 0 aliphatic rings. The number of para-hydroxylation sites is 1. The molecule has 7 nitrogen and oxygen atoms in total. The fourth-order valence-electron chi connectivity index (χ4n) is 2.82. The Labute approximate surface area is 164 Å². The van der Waals surface area contributed by atoms with Crippen LogP contribution in [0, 0.1) is 0 Å². The molecule has 0 bridgehead atoms. The number of nitrogens with zero attached hydrogens (tertiary/aromatic N) is 1. The third-order valence-electron chi connectivity index (χ3n) is 4.25. The molecule has 0 spiro atoms. The van der Waals surface area contributed by atoms with E-state index in [4.69, 9.17) is 21.4 Å². The monoisotopic (exact) mass is 401 g/mol. The van der Waals surface area contributed by atoms with Gasteiger partial charge in [0.2, 0.25) is 0 Å². The van der Waals surface area contributed by atoms with E-state index >= 15 is 0 Å². The van der Waals surface area contributed by atoms with Crippen LogP contribution < -0.4 is 10.3 Å². The first-order chi connectivity index (χ1) is 13.3. The number of benzene rings is 2. The number of aromatic hydroxyl groups is 1. The van der Waals surface area contributed by atoms with Gasteiger partial charge in [0.25, 0.3) is 5.56 Å². The summed E-state index contributed by atoms with van der Waals surface area (Å²) in [6.07, 6.45) is -0.804. The number of rotatable bonds is 6. The summed E-state index contributed by atoms with van der Waals surface area (Å²) >= 11 is 6.08. The van der Waals surface area contributed by atoms with E-state index in [-0.39, 0.29) is 11.8 Å². The van der Waals surface area contributed by atoms with Crippen molar-refractivity contribution in [3.05, 3.63) is 63.4 Å². The van der Waals surface area contributed by atoms with Gasteiger partial charge in [-0.2, -0.15) is 0 Å². The number of ether oxygens (including phenoxy) is 1. The van der Waals surface area contributed by atoms with E-state index in [1.165, 1.54) is 17.7 Å². The number of halogens is 1. The number of carbonyl (C=O) groups is 2. The first-order valence-corrected chi connectivity index (χ1v) is 8.70. The number of aryl methyl sites for hydroxylation is 1. The average Bonchev–Trinajstić information content (AvgIpc) is 2.66. The number of carbonyl (C=O) groups excluding carboxylic acids is 1. The summed E-state index contributed by atoms with van der Waals surface area (Å²) in [7, 11) is 1.46. The van der Waals surface area contributed by atoms with Crippen LogP contribution in [0.5, 0.6) is 17.2 Å².